The monoisotopic (exact) mass is 433 g/mol. The predicted octanol–water partition coefficient (Wildman–Crippen LogP) is 3.67. The first-order valence-corrected chi connectivity index (χ1v) is 10.8. The molecule has 0 radical (unpaired) electrons. The predicted molar refractivity (Wildman–Crippen MR) is 119 cm³/mol. The molecule has 0 spiro atoms. The number of anilines is 3. The number of hydrogen-bond donors (Lipinski definition) is 3. The van der Waals surface area contributed by atoms with Crippen molar-refractivity contribution < 1.29 is 9.90 Å². The second kappa shape index (κ2) is 8.00. The first-order chi connectivity index (χ1) is 13.6. The normalized spacial score (nSPS) is 12.3. The number of rotatable bonds is 7. The second-order valence-electron chi connectivity index (χ2n) is 7.45. The molecule has 0 bridgehead atoms. The van der Waals surface area contributed by atoms with Crippen LogP contribution in [0.3, 0.4) is 0 Å². The summed E-state index contributed by atoms with van der Waals surface area (Å²) in [6.07, 6.45) is 0. The lowest BCUT2D eigenvalue weighted by Gasteiger charge is -2.24. The van der Waals surface area contributed by atoms with Crippen molar-refractivity contribution in [2.24, 2.45) is 5.92 Å². The Bertz CT molecular complexity index is 1120. The molecule has 29 heavy (non-hydrogen) atoms. The van der Waals surface area contributed by atoms with Gasteiger partial charge in [0, 0.05) is 24.4 Å². The SMILES string of the molecule is Cc1csc([C@H](Nc2c(Nc3csc(C(=O)N(C)C)c3O)c(=O)c2=O)C(C)C)c1. The van der Waals surface area contributed by atoms with Gasteiger partial charge >= 0.3 is 0 Å². The molecule has 3 rings (SSSR count). The van der Waals surface area contributed by atoms with Crippen LogP contribution in [0.4, 0.5) is 17.1 Å². The van der Waals surface area contributed by atoms with E-state index in [1.165, 1.54) is 4.90 Å². The quantitative estimate of drug-likeness (QED) is 0.492. The van der Waals surface area contributed by atoms with Gasteiger partial charge in [0.1, 0.15) is 16.3 Å². The Labute approximate surface area is 176 Å². The highest BCUT2D eigenvalue weighted by Crippen LogP contribution is 2.38. The van der Waals surface area contributed by atoms with Gasteiger partial charge < -0.3 is 20.6 Å². The standard InChI is InChI=1S/C20H23N3O4S2/c1-9(2)13(12-6-10(3)7-28-12)22-15-14(17(25)18(15)26)21-11-8-29-19(16(11)24)20(27)23(4)5/h6-9,13,21-22,24H,1-5H3/t13-/m1/s1. The van der Waals surface area contributed by atoms with Crippen LogP contribution in [0.25, 0.3) is 0 Å². The van der Waals surface area contributed by atoms with Crippen LogP contribution >= 0.6 is 22.7 Å². The Hall–Kier alpha value is -2.65. The van der Waals surface area contributed by atoms with Gasteiger partial charge in [0.2, 0.25) is 0 Å². The Morgan fingerprint density at radius 2 is 1.76 bits per heavy atom. The molecule has 3 N–H and O–H groups in total. The van der Waals surface area contributed by atoms with Crippen LogP contribution in [-0.2, 0) is 0 Å². The molecule has 3 aromatic rings. The number of carbonyl (C=O) groups is 1. The molecule has 1 atom stereocenters. The zero-order chi connectivity index (χ0) is 21.5. The molecular weight excluding hydrogens is 410 g/mol. The number of carbonyl (C=O) groups excluding carboxylic acids is 1. The van der Waals surface area contributed by atoms with Crippen LogP contribution in [0, 0.1) is 12.8 Å². The molecule has 9 heteroatoms. The third-order valence-electron chi connectivity index (χ3n) is 4.56. The average Bonchev–Trinajstić information content (AvgIpc) is 3.25. The van der Waals surface area contributed by atoms with Gasteiger partial charge in [0.15, 0.2) is 5.75 Å². The van der Waals surface area contributed by atoms with Crippen LogP contribution in [0.5, 0.6) is 5.75 Å². The van der Waals surface area contributed by atoms with Gasteiger partial charge in [-0.15, -0.1) is 22.7 Å². The number of thiophene rings is 2. The number of hydrogen-bond acceptors (Lipinski definition) is 8. The van der Waals surface area contributed by atoms with Gasteiger partial charge in [-0.3, -0.25) is 14.4 Å². The third kappa shape index (κ3) is 3.92. The molecule has 1 aromatic carbocycles. The van der Waals surface area contributed by atoms with Gasteiger partial charge in [-0.25, -0.2) is 0 Å². The van der Waals surface area contributed by atoms with Crippen molar-refractivity contribution in [3.05, 3.63) is 52.6 Å². The molecule has 0 aliphatic heterocycles. The maximum atomic E-state index is 12.2. The topological polar surface area (TPSA) is 98.7 Å². The molecule has 0 aliphatic carbocycles. The zero-order valence-electron chi connectivity index (χ0n) is 16.8. The highest BCUT2D eigenvalue weighted by Gasteiger charge is 2.28. The fourth-order valence-electron chi connectivity index (χ4n) is 2.92. The summed E-state index contributed by atoms with van der Waals surface area (Å²) >= 11 is 2.67. The van der Waals surface area contributed by atoms with E-state index in [1.807, 2.05) is 26.2 Å². The fraction of sp³-hybridized carbons (Fsp3) is 0.350. The van der Waals surface area contributed by atoms with Gasteiger partial charge in [-0.1, -0.05) is 13.8 Å². The lowest BCUT2D eigenvalue weighted by atomic mass is 10.0. The fourth-order valence-corrected chi connectivity index (χ4v) is 4.95. The van der Waals surface area contributed by atoms with Gasteiger partial charge in [-0.2, -0.15) is 0 Å². The van der Waals surface area contributed by atoms with E-state index in [4.69, 9.17) is 0 Å². The van der Waals surface area contributed by atoms with Crippen molar-refractivity contribution in [2.45, 2.75) is 26.8 Å². The van der Waals surface area contributed by atoms with E-state index in [-0.39, 0.29) is 45.6 Å². The first-order valence-electron chi connectivity index (χ1n) is 9.05. The minimum atomic E-state index is -0.650. The molecule has 1 amide bonds. The van der Waals surface area contributed by atoms with Crippen LogP contribution in [0.1, 0.15) is 40.0 Å². The number of nitrogens with one attached hydrogen (secondary N) is 2. The van der Waals surface area contributed by atoms with Crippen molar-refractivity contribution in [3.63, 3.8) is 0 Å². The van der Waals surface area contributed by atoms with E-state index in [0.717, 1.165) is 21.8 Å². The molecule has 0 fully saturated rings. The molecule has 2 heterocycles. The highest BCUT2D eigenvalue weighted by atomic mass is 32.1. The Kier molecular flexibility index (Phi) is 5.81. The van der Waals surface area contributed by atoms with Crippen molar-refractivity contribution >= 4 is 45.6 Å². The summed E-state index contributed by atoms with van der Waals surface area (Å²) < 4.78 is 0. The molecule has 7 nitrogen and oxygen atoms in total. The maximum Gasteiger partial charge on any atom is 0.267 e. The Morgan fingerprint density at radius 3 is 2.31 bits per heavy atom. The highest BCUT2D eigenvalue weighted by molar-refractivity contribution is 7.13. The number of aromatic hydroxyl groups is 1. The van der Waals surface area contributed by atoms with Gasteiger partial charge in [0.05, 0.1) is 11.7 Å². The number of amides is 1. The van der Waals surface area contributed by atoms with Crippen molar-refractivity contribution in [1.29, 1.82) is 0 Å². The summed E-state index contributed by atoms with van der Waals surface area (Å²) in [6.45, 7) is 6.08. The van der Waals surface area contributed by atoms with Crippen molar-refractivity contribution in [3.8, 4) is 5.75 Å². The second-order valence-corrected chi connectivity index (χ2v) is 9.27. The molecule has 154 valence electrons. The van der Waals surface area contributed by atoms with Crippen molar-refractivity contribution in [2.75, 3.05) is 24.7 Å². The Morgan fingerprint density at radius 1 is 1.10 bits per heavy atom. The lowest BCUT2D eigenvalue weighted by molar-refractivity contribution is 0.0829. The summed E-state index contributed by atoms with van der Waals surface area (Å²) in [5.41, 5.74) is 0.427. The minimum Gasteiger partial charge on any atom is -0.504 e. The summed E-state index contributed by atoms with van der Waals surface area (Å²) in [5.74, 6) is -0.386. The van der Waals surface area contributed by atoms with Crippen LogP contribution in [0.15, 0.2) is 26.4 Å². The molecule has 0 aliphatic rings. The van der Waals surface area contributed by atoms with E-state index in [9.17, 15) is 19.5 Å². The molecule has 2 aromatic heterocycles. The summed E-state index contributed by atoms with van der Waals surface area (Å²) in [6, 6.07) is 1.93. The van der Waals surface area contributed by atoms with Crippen LogP contribution in [-0.4, -0.2) is 30.0 Å². The minimum absolute atomic E-state index is 0.103. The molecular formula is C20H23N3O4S2. The van der Waals surface area contributed by atoms with Crippen LogP contribution < -0.4 is 21.5 Å². The summed E-state index contributed by atoms with van der Waals surface area (Å²) in [4.78, 5) is 39.1. The van der Waals surface area contributed by atoms with Crippen molar-refractivity contribution in [1.82, 2.24) is 4.90 Å². The Balaban J connectivity index is 1.89. The third-order valence-corrected chi connectivity index (χ3v) is 6.65. The van der Waals surface area contributed by atoms with E-state index in [1.54, 1.807) is 30.8 Å². The summed E-state index contributed by atoms with van der Waals surface area (Å²) in [7, 11) is 3.18. The summed E-state index contributed by atoms with van der Waals surface area (Å²) in [5, 5.41) is 20.0. The zero-order valence-corrected chi connectivity index (χ0v) is 18.5. The maximum absolute atomic E-state index is 12.2. The van der Waals surface area contributed by atoms with Crippen LogP contribution in [0.2, 0.25) is 0 Å². The smallest absolute Gasteiger partial charge is 0.267 e. The van der Waals surface area contributed by atoms with E-state index >= 15 is 0 Å². The lowest BCUT2D eigenvalue weighted by Crippen LogP contribution is -2.38. The molecule has 0 saturated heterocycles. The molecule has 0 unspecified atom stereocenters. The average molecular weight is 434 g/mol. The van der Waals surface area contributed by atoms with E-state index in [2.05, 4.69) is 16.7 Å². The van der Waals surface area contributed by atoms with Gasteiger partial charge in [-0.05, 0) is 29.9 Å². The largest absolute Gasteiger partial charge is 0.504 e. The number of nitrogens with zero attached hydrogens (tertiary/aromatic N) is 1. The first kappa shape index (κ1) is 21.1. The number of aryl methyl sites for hydroxylation is 1. The van der Waals surface area contributed by atoms with E-state index < -0.39 is 10.9 Å². The van der Waals surface area contributed by atoms with Gasteiger partial charge in [0.25, 0.3) is 16.8 Å². The molecule has 0 saturated carbocycles. The van der Waals surface area contributed by atoms with E-state index in [0.29, 0.717) is 0 Å².